The first-order valence-corrected chi connectivity index (χ1v) is 11.2. The number of carbonyl (C=O) groups excluding carboxylic acids is 1. The molecule has 2 heterocycles. The highest BCUT2D eigenvalue weighted by molar-refractivity contribution is 7.09. The molecule has 0 N–H and O–H groups in total. The summed E-state index contributed by atoms with van der Waals surface area (Å²) in [4.78, 5) is 19.5. The van der Waals surface area contributed by atoms with Crippen molar-refractivity contribution in [1.29, 1.82) is 0 Å². The molecule has 2 aromatic carbocycles. The number of hydrogen-bond donors (Lipinski definition) is 0. The molecule has 6 heteroatoms. The number of benzene rings is 2. The zero-order valence-electron chi connectivity index (χ0n) is 17.1. The molecule has 0 fully saturated rings. The van der Waals surface area contributed by atoms with E-state index in [9.17, 15) is 4.79 Å². The number of hydrogen-bond acceptors (Lipinski definition) is 5. The van der Waals surface area contributed by atoms with Gasteiger partial charge in [0.2, 0.25) is 12.7 Å². The Bertz CT molecular complexity index is 960. The summed E-state index contributed by atoms with van der Waals surface area (Å²) in [5, 5.41) is 2.93. The molecule has 156 valence electrons. The third kappa shape index (κ3) is 5.19. The van der Waals surface area contributed by atoms with E-state index in [2.05, 4.69) is 36.2 Å². The van der Waals surface area contributed by atoms with Crippen molar-refractivity contribution in [2.45, 2.75) is 45.2 Å². The molecule has 3 aromatic rings. The quantitative estimate of drug-likeness (QED) is 0.494. The molecule has 0 saturated carbocycles. The molecule has 5 nitrogen and oxygen atoms in total. The van der Waals surface area contributed by atoms with Crippen molar-refractivity contribution in [3.8, 4) is 11.5 Å². The van der Waals surface area contributed by atoms with Crippen LogP contribution in [0.3, 0.4) is 0 Å². The Labute approximate surface area is 181 Å². The van der Waals surface area contributed by atoms with Crippen molar-refractivity contribution in [3.05, 3.63) is 76.2 Å². The number of amides is 1. The Morgan fingerprint density at radius 2 is 1.93 bits per heavy atom. The maximum atomic E-state index is 13.2. The van der Waals surface area contributed by atoms with Crippen molar-refractivity contribution < 1.29 is 14.3 Å². The van der Waals surface area contributed by atoms with Crippen LogP contribution in [0.4, 0.5) is 0 Å². The first-order chi connectivity index (χ1) is 14.7. The summed E-state index contributed by atoms with van der Waals surface area (Å²) in [5.74, 6) is 1.68. The van der Waals surface area contributed by atoms with Crippen LogP contribution in [-0.4, -0.2) is 28.6 Å². The van der Waals surface area contributed by atoms with Crippen molar-refractivity contribution in [2.75, 3.05) is 6.79 Å². The van der Waals surface area contributed by atoms with E-state index in [0.717, 1.165) is 34.9 Å². The van der Waals surface area contributed by atoms with E-state index in [1.165, 1.54) is 5.56 Å². The Morgan fingerprint density at radius 3 is 2.73 bits per heavy atom. The monoisotopic (exact) mass is 422 g/mol. The molecule has 0 radical (unpaired) electrons. The van der Waals surface area contributed by atoms with Crippen LogP contribution in [0.2, 0.25) is 0 Å². The summed E-state index contributed by atoms with van der Waals surface area (Å²) in [5.41, 5.74) is 2.38. The summed E-state index contributed by atoms with van der Waals surface area (Å²) in [7, 11) is 0. The largest absolute Gasteiger partial charge is 0.454 e. The van der Waals surface area contributed by atoms with E-state index in [4.69, 9.17) is 9.47 Å². The van der Waals surface area contributed by atoms with Crippen LogP contribution in [0, 0.1) is 0 Å². The molecule has 0 bridgehead atoms. The van der Waals surface area contributed by atoms with Crippen LogP contribution in [0.1, 0.15) is 35.9 Å². The first kappa shape index (κ1) is 20.4. The molecule has 1 amide bonds. The standard InChI is InChI=1S/C24H26N2O3S/c1-18(7-8-19-5-3-2-4-6-19)26(16-23-25-13-14-30-23)24(27)12-10-20-9-11-21-22(15-20)29-17-28-21/h2-6,9,11,13-15,18H,7-8,10,12,16-17H2,1H3/t18-/m1/s1. The minimum Gasteiger partial charge on any atom is -0.454 e. The number of thiazole rings is 1. The molecular formula is C24H26N2O3S. The summed E-state index contributed by atoms with van der Waals surface area (Å²) < 4.78 is 10.8. The van der Waals surface area contributed by atoms with Crippen molar-refractivity contribution in [2.24, 2.45) is 0 Å². The second-order valence-corrected chi connectivity index (χ2v) is 8.49. The maximum Gasteiger partial charge on any atom is 0.231 e. The molecule has 30 heavy (non-hydrogen) atoms. The van der Waals surface area contributed by atoms with Gasteiger partial charge in [-0.1, -0.05) is 36.4 Å². The summed E-state index contributed by atoms with van der Waals surface area (Å²) in [6, 6.07) is 16.5. The molecule has 0 unspecified atom stereocenters. The van der Waals surface area contributed by atoms with Crippen molar-refractivity contribution in [1.82, 2.24) is 9.88 Å². The average Bonchev–Trinajstić information content (AvgIpc) is 3.46. The van der Waals surface area contributed by atoms with Crippen LogP contribution >= 0.6 is 11.3 Å². The highest BCUT2D eigenvalue weighted by Crippen LogP contribution is 2.32. The van der Waals surface area contributed by atoms with Gasteiger partial charge in [0.25, 0.3) is 0 Å². The lowest BCUT2D eigenvalue weighted by atomic mass is 10.0. The van der Waals surface area contributed by atoms with Crippen molar-refractivity contribution in [3.63, 3.8) is 0 Å². The number of aromatic nitrogens is 1. The van der Waals surface area contributed by atoms with Gasteiger partial charge in [0.1, 0.15) is 5.01 Å². The second-order valence-electron chi connectivity index (χ2n) is 7.51. The molecule has 0 spiro atoms. The number of ether oxygens (including phenoxy) is 2. The Hall–Kier alpha value is -2.86. The van der Waals surface area contributed by atoms with Crippen LogP contribution < -0.4 is 9.47 Å². The Morgan fingerprint density at radius 1 is 1.10 bits per heavy atom. The highest BCUT2D eigenvalue weighted by atomic mass is 32.1. The van der Waals surface area contributed by atoms with E-state index in [-0.39, 0.29) is 18.7 Å². The minimum absolute atomic E-state index is 0.137. The van der Waals surface area contributed by atoms with Gasteiger partial charge < -0.3 is 14.4 Å². The van der Waals surface area contributed by atoms with Gasteiger partial charge in [0.15, 0.2) is 11.5 Å². The van der Waals surface area contributed by atoms with Gasteiger partial charge in [-0.15, -0.1) is 11.3 Å². The van der Waals surface area contributed by atoms with Gasteiger partial charge in [-0.25, -0.2) is 4.98 Å². The normalized spacial score (nSPS) is 13.2. The van der Waals surface area contributed by atoms with Gasteiger partial charge in [-0.2, -0.15) is 0 Å². The third-order valence-corrected chi connectivity index (χ3v) is 6.16. The van der Waals surface area contributed by atoms with Gasteiger partial charge in [0.05, 0.1) is 6.54 Å². The van der Waals surface area contributed by atoms with E-state index < -0.39 is 0 Å². The van der Waals surface area contributed by atoms with Crippen molar-refractivity contribution >= 4 is 17.2 Å². The lowest BCUT2D eigenvalue weighted by molar-refractivity contribution is -0.134. The SMILES string of the molecule is C[C@H](CCc1ccccc1)N(Cc1nccs1)C(=O)CCc1ccc2c(c1)OCO2. The fourth-order valence-electron chi connectivity index (χ4n) is 3.63. The molecule has 0 aliphatic carbocycles. The fraction of sp³-hybridized carbons (Fsp3) is 0.333. The summed E-state index contributed by atoms with van der Waals surface area (Å²) >= 11 is 1.59. The van der Waals surface area contributed by atoms with Gasteiger partial charge >= 0.3 is 0 Å². The van der Waals surface area contributed by atoms with Crippen LogP contribution in [0.5, 0.6) is 11.5 Å². The molecule has 1 aliphatic rings. The van der Waals surface area contributed by atoms with Gasteiger partial charge in [0, 0.05) is 24.0 Å². The van der Waals surface area contributed by atoms with E-state index in [1.54, 1.807) is 17.5 Å². The van der Waals surface area contributed by atoms with Crippen LogP contribution in [0.15, 0.2) is 60.1 Å². The number of rotatable bonds is 9. The summed E-state index contributed by atoms with van der Waals surface area (Å²) in [6.45, 7) is 2.96. The Balaban J connectivity index is 1.39. The van der Waals surface area contributed by atoms with Gasteiger partial charge in [-0.3, -0.25) is 4.79 Å². The fourth-order valence-corrected chi connectivity index (χ4v) is 4.25. The van der Waals surface area contributed by atoms with E-state index in [0.29, 0.717) is 19.4 Å². The molecule has 1 atom stereocenters. The highest BCUT2D eigenvalue weighted by Gasteiger charge is 2.22. The number of aryl methyl sites for hydroxylation is 2. The smallest absolute Gasteiger partial charge is 0.231 e. The molecule has 0 saturated heterocycles. The number of carbonyl (C=O) groups is 1. The number of nitrogens with zero attached hydrogens (tertiary/aromatic N) is 2. The second kappa shape index (κ2) is 9.76. The van der Waals surface area contributed by atoms with E-state index >= 15 is 0 Å². The molecular weight excluding hydrogens is 396 g/mol. The zero-order valence-corrected chi connectivity index (χ0v) is 17.9. The van der Waals surface area contributed by atoms with Crippen LogP contribution in [-0.2, 0) is 24.2 Å². The predicted octanol–water partition coefficient (Wildman–Crippen LogP) is 4.85. The lowest BCUT2D eigenvalue weighted by Crippen LogP contribution is -2.38. The first-order valence-electron chi connectivity index (χ1n) is 10.3. The average molecular weight is 423 g/mol. The van der Waals surface area contributed by atoms with Crippen LogP contribution in [0.25, 0.3) is 0 Å². The lowest BCUT2D eigenvalue weighted by Gasteiger charge is -2.29. The molecule has 1 aliphatic heterocycles. The predicted molar refractivity (Wildman–Crippen MR) is 118 cm³/mol. The summed E-state index contributed by atoms with van der Waals surface area (Å²) in [6.07, 6.45) is 4.80. The Kier molecular flexibility index (Phi) is 6.64. The van der Waals surface area contributed by atoms with Gasteiger partial charge in [-0.05, 0) is 49.4 Å². The topological polar surface area (TPSA) is 51.7 Å². The molecule has 4 rings (SSSR count). The minimum atomic E-state index is 0.137. The maximum absolute atomic E-state index is 13.2. The molecule has 1 aromatic heterocycles. The third-order valence-electron chi connectivity index (χ3n) is 5.40. The number of fused-ring (bicyclic) bond motifs is 1. The van der Waals surface area contributed by atoms with E-state index in [1.807, 2.05) is 34.5 Å². The zero-order chi connectivity index (χ0) is 20.8.